The summed E-state index contributed by atoms with van der Waals surface area (Å²) in [5, 5.41) is 12.2. The molecule has 0 aromatic rings. The fourth-order valence-electron chi connectivity index (χ4n) is 3.85. The summed E-state index contributed by atoms with van der Waals surface area (Å²) >= 11 is 0. The van der Waals surface area contributed by atoms with Crippen molar-refractivity contribution in [3.05, 3.63) is 0 Å². The molecule has 0 bridgehead atoms. The smallest absolute Gasteiger partial charge is 0.306 e. The fourth-order valence-corrected chi connectivity index (χ4v) is 3.85. The first kappa shape index (κ1) is 16.3. The Morgan fingerprint density at radius 3 is 1.90 bits per heavy atom. The van der Waals surface area contributed by atoms with E-state index in [0.717, 1.165) is 37.5 Å². The monoisotopic (exact) mass is 295 g/mol. The Kier molecular flexibility index (Phi) is 5.65. The molecule has 2 saturated carbocycles. The third kappa shape index (κ3) is 4.45. The van der Waals surface area contributed by atoms with Gasteiger partial charge in [-0.2, -0.15) is 0 Å². The third-order valence-electron chi connectivity index (χ3n) is 5.51. The number of carboxylic acid groups (broad SMARTS) is 1. The van der Waals surface area contributed by atoms with Crippen molar-refractivity contribution >= 4 is 11.9 Å². The van der Waals surface area contributed by atoms with Crippen molar-refractivity contribution in [1.82, 2.24) is 5.32 Å². The van der Waals surface area contributed by atoms with E-state index in [2.05, 4.69) is 19.2 Å². The van der Waals surface area contributed by atoms with Crippen molar-refractivity contribution in [2.45, 2.75) is 71.3 Å². The Bertz CT molecular complexity index is 364. The van der Waals surface area contributed by atoms with Crippen LogP contribution < -0.4 is 5.32 Å². The molecule has 2 fully saturated rings. The minimum absolute atomic E-state index is 0.178. The molecule has 4 nitrogen and oxygen atoms in total. The highest BCUT2D eigenvalue weighted by atomic mass is 16.4. The molecule has 2 N–H and O–H groups in total. The van der Waals surface area contributed by atoms with Crippen LogP contribution in [0.15, 0.2) is 0 Å². The molecule has 0 saturated heterocycles. The molecule has 0 spiro atoms. The minimum atomic E-state index is -0.688. The number of nitrogens with one attached hydrogen (secondary N) is 1. The van der Waals surface area contributed by atoms with Gasteiger partial charge in [-0.05, 0) is 63.2 Å². The van der Waals surface area contributed by atoms with Gasteiger partial charge in [0, 0.05) is 12.0 Å². The molecule has 2 rings (SSSR count). The van der Waals surface area contributed by atoms with Crippen LogP contribution in [0.3, 0.4) is 0 Å². The molecule has 0 aliphatic heterocycles. The standard InChI is InChI=1S/C17H29NO3/c1-11(2)12-3-5-13(6-4-12)16(19)18-15-9-7-14(8-10-15)17(20)21/h11-15H,3-10H2,1-2H3,(H,18,19)(H,20,21). The van der Waals surface area contributed by atoms with E-state index in [0.29, 0.717) is 12.8 Å². The predicted octanol–water partition coefficient (Wildman–Crippen LogP) is 3.21. The highest BCUT2D eigenvalue weighted by molar-refractivity contribution is 5.79. The van der Waals surface area contributed by atoms with Crippen molar-refractivity contribution in [2.75, 3.05) is 0 Å². The molecule has 2 aliphatic carbocycles. The predicted molar refractivity (Wildman–Crippen MR) is 81.8 cm³/mol. The first-order valence-corrected chi connectivity index (χ1v) is 8.50. The van der Waals surface area contributed by atoms with E-state index in [1.165, 1.54) is 12.8 Å². The van der Waals surface area contributed by atoms with Crippen LogP contribution in [0, 0.1) is 23.7 Å². The highest BCUT2D eigenvalue weighted by Crippen LogP contribution is 2.33. The molecule has 0 aromatic heterocycles. The average molecular weight is 295 g/mol. The zero-order chi connectivity index (χ0) is 15.4. The van der Waals surface area contributed by atoms with E-state index in [1.54, 1.807) is 0 Å². The summed E-state index contributed by atoms with van der Waals surface area (Å²) in [5.74, 6) is 0.986. The van der Waals surface area contributed by atoms with Crippen LogP contribution >= 0.6 is 0 Å². The van der Waals surface area contributed by atoms with E-state index >= 15 is 0 Å². The van der Waals surface area contributed by atoms with Gasteiger partial charge < -0.3 is 10.4 Å². The molecule has 120 valence electrons. The van der Waals surface area contributed by atoms with Gasteiger partial charge in [-0.1, -0.05) is 13.8 Å². The first-order valence-electron chi connectivity index (χ1n) is 8.50. The summed E-state index contributed by atoms with van der Waals surface area (Å²) in [7, 11) is 0. The van der Waals surface area contributed by atoms with Crippen LogP contribution in [0.5, 0.6) is 0 Å². The van der Waals surface area contributed by atoms with E-state index in [-0.39, 0.29) is 23.8 Å². The Hall–Kier alpha value is -1.06. The summed E-state index contributed by atoms with van der Waals surface area (Å²) in [6.07, 6.45) is 7.37. The molecule has 1 amide bonds. The summed E-state index contributed by atoms with van der Waals surface area (Å²) in [6.45, 7) is 4.54. The normalized spacial score (nSPS) is 33.7. The van der Waals surface area contributed by atoms with Gasteiger partial charge >= 0.3 is 5.97 Å². The van der Waals surface area contributed by atoms with Crippen LogP contribution in [-0.4, -0.2) is 23.0 Å². The van der Waals surface area contributed by atoms with Gasteiger partial charge in [0.25, 0.3) is 0 Å². The molecule has 21 heavy (non-hydrogen) atoms. The Morgan fingerprint density at radius 2 is 1.43 bits per heavy atom. The lowest BCUT2D eigenvalue weighted by Crippen LogP contribution is -2.42. The SMILES string of the molecule is CC(C)C1CCC(C(=O)NC2CCC(C(=O)O)CC2)CC1. The van der Waals surface area contributed by atoms with Crippen LogP contribution in [0.2, 0.25) is 0 Å². The second-order valence-corrected chi connectivity index (χ2v) is 7.25. The number of hydrogen-bond acceptors (Lipinski definition) is 2. The lowest BCUT2D eigenvalue weighted by Gasteiger charge is -2.32. The number of carboxylic acids is 1. The first-order chi connectivity index (χ1) is 9.97. The van der Waals surface area contributed by atoms with Gasteiger partial charge in [-0.15, -0.1) is 0 Å². The van der Waals surface area contributed by atoms with E-state index in [1.807, 2.05) is 0 Å². The number of rotatable bonds is 4. The number of carbonyl (C=O) groups is 2. The van der Waals surface area contributed by atoms with Gasteiger partial charge in [0.15, 0.2) is 0 Å². The van der Waals surface area contributed by atoms with Gasteiger partial charge in [-0.3, -0.25) is 9.59 Å². The number of carbonyl (C=O) groups excluding carboxylic acids is 1. The van der Waals surface area contributed by atoms with Gasteiger partial charge in [0.2, 0.25) is 5.91 Å². The van der Waals surface area contributed by atoms with E-state index in [4.69, 9.17) is 5.11 Å². The molecular formula is C17H29NO3. The van der Waals surface area contributed by atoms with Crippen molar-refractivity contribution in [1.29, 1.82) is 0 Å². The van der Waals surface area contributed by atoms with E-state index < -0.39 is 5.97 Å². The van der Waals surface area contributed by atoms with Crippen LogP contribution in [0.1, 0.15) is 65.2 Å². The second kappa shape index (κ2) is 7.28. The average Bonchev–Trinajstić information content (AvgIpc) is 2.47. The number of amides is 1. The zero-order valence-electron chi connectivity index (χ0n) is 13.3. The molecule has 2 aliphatic rings. The van der Waals surface area contributed by atoms with Crippen LogP contribution in [0.25, 0.3) is 0 Å². The van der Waals surface area contributed by atoms with Crippen molar-refractivity contribution in [2.24, 2.45) is 23.7 Å². The largest absolute Gasteiger partial charge is 0.481 e. The van der Waals surface area contributed by atoms with Crippen molar-refractivity contribution in [3.63, 3.8) is 0 Å². The lowest BCUT2D eigenvalue weighted by molar-refractivity contribution is -0.142. The fraction of sp³-hybridized carbons (Fsp3) is 0.882. The maximum atomic E-state index is 12.3. The summed E-state index contributed by atoms with van der Waals surface area (Å²) in [6, 6.07) is 0.191. The van der Waals surface area contributed by atoms with Crippen molar-refractivity contribution in [3.8, 4) is 0 Å². The Balaban J connectivity index is 1.72. The van der Waals surface area contributed by atoms with Crippen molar-refractivity contribution < 1.29 is 14.7 Å². The minimum Gasteiger partial charge on any atom is -0.481 e. The maximum absolute atomic E-state index is 12.3. The van der Waals surface area contributed by atoms with Gasteiger partial charge in [-0.25, -0.2) is 0 Å². The highest BCUT2D eigenvalue weighted by Gasteiger charge is 2.31. The van der Waals surface area contributed by atoms with Crippen LogP contribution in [-0.2, 0) is 9.59 Å². The molecule has 0 aromatic carbocycles. The summed E-state index contributed by atoms with van der Waals surface area (Å²) in [4.78, 5) is 23.3. The second-order valence-electron chi connectivity index (χ2n) is 7.25. The zero-order valence-corrected chi connectivity index (χ0v) is 13.3. The molecule has 0 unspecified atom stereocenters. The topological polar surface area (TPSA) is 66.4 Å². The maximum Gasteiger partial charge on any atom is 0.306 e. The number of hydrogen-bond donors (Lipinski definition) is 2. The molecule has 4 heteroatoms. The molecular weight excluding hydrogens is 266 g/mol. The molecule has 0 atom stereocenters. The molecule has 0 radical (unpaired) electrons. The quantitative estimate of drug-likeness (QED) is 0.837. The summed E-state index contributed by atoms with van der Waals surface area (Å²) in [5.41, 5.74) is 0. The lowest BCUT2D eigenvalue weighted by atomic mass is 9.76. The number of aliphatic carboxylic acids is 1. The van der Waals surface area contributed by atoms with Gasteiger partial charge in [0.1, 0.15) is 0 Å². The van der Waals surface area contributed by atoms with E-state index in [9.17, 15) is 9.59 Å². The Morgan fingerprint density at radius 1 is 0.905 bits per heavy atom. The van der Waals surface area contributed by atoms with Crippen LogP contribution in [0.4, 0.5) is 0 Å². The summed E-state index contributed by atoms with van der Waals surface area (Å²) < 4.78 is 0. The Labute approximate surface area is 127 Å². The molecule has 0 heterocycles. The third-order valence-corrected chi connectivity index (χ3v) is 5.51. The van der Waals surface area contributed by atoms with Gasteiger partial charge in [0.05, 0.1) is 5.92 Å².